The predicted octanol–water partition coefficient (Wildman–Crippen LogP) is 6.27. The van der Waals surface area contributed by atoms with Crippen molar-refractivity contribution in [1.82, 2.24) is 15.1 Å². The van der Waals surface area contributed by atoms with Crippen molar-refractivity contribution in [2.24, 2.45) is 0 Å². The van der Waals surface area contributed by atoms with Gasteiger partial charge in [-0.3, -0.25) is 9.89 Å². The van der Waals surface area contributed by atoms with E-state index in [0.717, 1.165) is 16.7 Å². The van der Waals surface area contributed by atoms with Crippen LogP contribution < -0.4 is 4.74 Å². The maximum Gasteiger partial charge on any atom is 0.273 e. The number of aromatic hydroxyl groups is 2. The molecule has 184 valence electrons. The van der Waals surface area contributed by atoms with Crippen LogP contribution in [0.2, 0.25) is 5.02 Å². The van der Waals surface area contributed by atoms with E-state index in [0.29, 0.717) is 37.6 Å². The highest BCUT2D eigenvalue weighted by Crippen LogP contribution is 2.48. The van der Waals surface area contributed by atoms with Crippen LogP contribution in [0.15, 0.2) is 53.0 Å². The number of methoxy groups -OCH3 is 1. The van der Waals surface area contributed by atoms with Crippen molar-refractivity contribution in [2.45, 2.75) is 26.4 Å². The number of nitrogens with zero attached hydrogens (tertiary/aromatic N) is 2. The molecular weight excluding hydrogens is 546 g/mol. The van der Waals surface area contributed by atoms with E-state index >= 15 is 0 Å². The number of phenolic OH excluding ortho intramolecular Hbond substituents is 2. The van der Waals surface area contributed by atoms with Gasteiger partial charge in [0.25, 0.3) is 5.91 Å². The van der Waals surface area contributed by atoms with Crippen LogP contribution in [-0.4, -0.2) is 38.3 Å². The van der Waals surface area contributed by atoms with Crippen molar-refractivity contribution in [3.05, 3.63) is 91.5 Å². The lowest BCUT2D eigenvalue weighted by Crippen LogP contribution is -2.29. The number of hydrogen-bond acceptors (Lipinski definition) is 5. The average Bonchev–Trinajstić information content (AvgIpc) is 3.36. The van der Waals surface area contributed by atoms with Crippen molar-refractivity contribution >= 4 is 33.4 Å². The first-order valence-electron chi connectivity index (χ1n) is 11.2. The van der Waals surface area contributed by atoms with Crippen molar-refractivity contribution < 1.29 is 19.7 Å². The van der Waals surface area contributed by atoms with Gasteiger partial charge < -0.3 is 19.8 Å². The van der Waals surface area contributed by atoms with Crippen molar-refractivity contribution in [3.8, 4) is 28.5 Å². The molecule has 2 heterocycles. The number of amides is 1. The molecule has 7 nitrogen and oxygen atoms in total. The zero-order valence-corrected chi connectivity index (χ0v) is 22.1. The number of phenols is 2. The third-order valence-electron chi connectivity index (χ3n) is 6.44. The molecule has 0 aliphatic carbocycles. The van der Waals surface area contributed by atoms with E-state index in [1.165, 1.54) is 7.11 Å². The number of nitrogens with one attached hydrogen (secondary N) is 1. The molecule has 1 amide bonds. The number of aryl methyl sites for hydroxylation is 2. The summed E-state index contributed by atoms with van der Waals surface area (Å²) in [5.41, 5.74) is 5.25. The minimum Gasteiger partial charge on any atom is -0.507 e. The molecule has 0 spiro atoms. The average molecular weight is 569 g/mol. The summed E-state index contributed by atoms with van der Waals surface area (Å²) >= 11 is 9.86. The zero-order valence-electron chi connectivity index (χ0n) is 19.8. The number of H-pyrrole nitrogens is 1. The summed E-state index contributed by atoms with van der Waals surface area (Å²) in [5, 5.41) is 29.2. The number of hydrogen-bond donors (Lipinski definition) is 3. The molecule has 4 aromatic rings. The van der Waals surface area contributed by atoms with Gasteiger partial charge in [-0.1, -0.05) is 35.9 Å². The topological polar surface area (TPSA) is 98.7 Å². The summed E-state index contributed by atoms with van der Waals surface area (Å²) in [6.07, 6.45) is 0. The number of carbonyl (C=O) groups is 1. The molecule has 3 N–H and O–H groups in total. The summed E-state index contributed by atoms with van der Waals surface area (Å²) in [7, 11) is 1.47. The van der Waals surface area contributed by atoms with Gasteiger partial charge in [0.15, 0.2) is 11.5 Å². The summed E-state index contributed by atoms with van der Waals surface area (Å²) in [6.45, 7) is 4.05. The fourth-order valence-electron chi connectivity index (χ4n) is 4.87. The largest absolute Gasteiger partial charge is 0.507 e. The molecular formula is C27H23BrClN3O4. The molecule has 0 bridgehead atoms. The number of halogens is 2. The molecule has 1 unspecified atom stereocenters. The number of carbonyl (C=O) groups excluding carboxylic acids is 1. The van der Waals surface area contributed by atoms with Crippen LogP contribution in [0.4, 0.5) is 0 Å². The van der Waals surface area contributed by atoms with Gasteiger partial charge in [-0.25, -0.2) is 0 Å². The van der Waals surface area contributed by atoms with Gasteiger partial charge in [0.1, 0.15) is 17.1 Å². The van der Waals surface area contributed by atoms with Crippen LogP contribution in [0, 0.1) is 13.8 Å². The number of fused-ring (bicyclic) bond motifs is 1. The van der Waals surface area contributed by atoms with Gasteiger partial charge >= 0.3 is 0 Å². The van der Waals surface area contributed by atoms with Crippen LogP contribution >= 0.6 is 27.5 Å². The Hall–Kier alpha value is -3.49. The number of rotatable bonds is 5. The van der Waals surface area contributed by atoms with E-state index in [4.69, 9.17) is 16.3 Å². The lowest BCUT2D eigenvalue weighted by molar-refractivity contribution is 0.0730. The first-order valence-corrected chi connectivity index (χ1v) is 12.4. The second kappa shape index (κ2) is 9.19. The SMILES string of the molecule is COc1cc(C2c3c(-c4c(C)cc(C)cc4O)n[nH]c3C(=O)N2Cc2ccccc2Cl)cc(Br)c1O. The van der Waals surface area contributed by atoms with Crippen molar-refractivity contribution in [2.75, 3.05) is 7.11 Å². The summed E-state index contributed by atoms with van der Waals surface area (Å²) in [6, 6.07) is 13.9. The second-order valence-electron chi connectivity index (χ2n) is 8.82. The number of ether oxygens (including phenoxy) is 1. The first kappa shape index (κ1) is 24.2. The quantitative estimate of drug-likeness (QED) is 0.263. The maximum absolute atomic E-state index is 13.7. The van der Waals surface area contributed by atoms with Crippen molar-refractivity contribution in [3.63, 3.8) is 0 Å². The number of aromatic nitrogens is 2. The first-order chi connectivity index (χ1) is 17.2. The zero-order chi connectivity index (χ0) is 25.7. The molecule has 1 aliphatic rings. The molecule has 0 saturated carbocycles. The molecule has 0 fully saturated rings. The normalized spacial score (nSPS) is 14.9. The molecule has 3 aromatic carbocycles. The van der Waals surface area contributed by atoms with Gasteiger partial charge in [0.05, 0.1) is 17.6 Å². The molecule has 0 saturated heterocycles. The molecule has 1 atom stereocenters. The Morgan fingerprint density at radius 1 is 1.17 bits per heavy atom. The number of aromatic amines is 1. The lowest BCUT2D eigenvalue weighted by Gasteiger charge is -2.27. The Morgan fingerprint density at radius 2 is 1.92 bits per heavy atom. The highest BCUT2D eigenvalue weighted by molar-refractivity contribution is 9.10. The fraction of sp³-hybridized carbons (Fsp3) is 0.185. The smallest absolute Gasteiger partial charge is 0.273 e. The Morgan fingerprint density at radius 3 is 2.61 bits per heavy atom. The molecule has 1 aromatic heterocycles. The third kappa shape index (κ3) is 3.90. The highest BCUT2D eigenvalue weighted by Gasteiger charge is 2.43. The van der Waals surface area contributed by atoms with Gasteiger partial charge in [-0.05, 0) is 76.3 Å². The van der Waals surface area contributed by atoms with Crippen molar-refractivity contribution in [1.29, 1.82) is 0 Å². The van der Waals surface area contributed by atoms with Gasteiger partial charge in [0.2, 0.25) is 0 Å². The minimum atomic E-state index is -0.594. The molecule has 1 aliphatic heterocycles. The monoisotopic (exact) mass is 567 g/mol. The van der Waals surface area contributed by atoms with Gasteiger partial charge in [-0.2, -0.15) is 5.10 Å². The van der Waals surface area contributed by atoms with Gasteiger partial charge in [-0.15, -0.1) is 0 Å². The Bertz CT molecular complexity index is 1490. The molecule has 0 radical (unpaired) electrons. The number of benzene rings is 3. The van der Waals surface area contributed by atoms with E-state index in [2.05, 4.69) is 26.1 Å². The van der Waals surface area contributed by atoms with Crippen LogP contribution in [0.1, 0.15) is 44.3 Å². The van der Waals surface area contributed by atoms with E-state index < -0.39 is 6.04 Å². The third-order valence-corrected chi connectivity index (χ3v) is 7.42. The fourth-order valence-corrected chi connectivity index (χ4v) is 5.52. The van der Waals surface area contributed by atoms with Gasteiger partial charge in [0, 0.05) is 22.7 Å². The van der Waals surface area contributed by atoms with E-state index in [1.54, 1.807) is 29.2 Å². The lowest BCUT2D eigenvalue weighted by atomic mass is 9.93. The van der Waals surface area contributed by atoms with Crippen LogP contribution in [0.5, 0.6) is 17.2 Å². The summed E-state index contributed by atoms with van der Waals surface area (Å²) in [4.78, 5) is 15.4. The van der Waals surface area contributed by atoms with Crippen LogP contribution in [0.25, 0.3) is 11.3 Å². The summed E-state index contributed by atoms with van der Waals surface area (Å²) in [5.74, 6) is 0.0587. The summed E-state index contributed by atoms with van der Waals surface area (Å²) < 4.78 is 5.82. The molecule has 36 heavy (non-hydrogen) atoms. The second-order valence-corrected chi connectivity index (χ2v) is 10.1. The van der Waals surface area contributed by atoms with E-state index in [9.17, 15) is 15.0 Å². The van der Waals surface area contributed by atoms with E-state index in [1.807, 2.05) is 38.1 Å². The predicted molar refractivity (Wildman–Crippen MR) is 141 cm³/mol. The maximum atomic E-state index is 13.7. The Labute approximate surface area is 221 Å². The van der Waals surface area contributed by atoms with E-state index in [-0.39, 0.29) is 29.7 Å². The Kier molecular flexibility index (Phi) is 6.18. The van der Waals surface area contributed by atoms with Crippen LogP contribution in [0.3, 0.4) is 0 Å². The Balaban J connectivity index is 1.74. The highest BCUT2D eigenvalue weighted by atomic mass is 79.9. The molecule has 5 rings (SSSR count). The molecule has 9 heteroatoms. The minimum absolute atomic E-state index is 0.0390. The standard InChI is InChI=1S/C27H23BrClN3O4/c1-13-8-14(2)21(19(33)9-13)23-22-24(31-30-23)27(35)32(12-15-6-4-5-7-18(15)29)25(22)16-10-17(28)26(34)20(11-16)36-3/h4-11,25,33-34H,12H2,1-3H3,(H,30,31). The van der Waals surface area contributed by atoms with Crippen LogP contribution in [-0.2, 0) is 6.54 Å².